The summed E-state index contributed by atoms with van der Waals surface area (Å²) in [6.07, 6.45) is 7.10. The van der Waals surface area contributed by atoms with Gasteiger partial charge in [-0.15, -0.1) is 0 Å². The fourth-order valence-corrected chi connectivity index (χ4v) is 5.25. The number of anilines is 1. The van der Waals surface area contributed by atoms with Crippen LogP contribution in [0.25, 0.3) is 0 Å². The Morgan fingerprint density at radius 2 is 1.97 bits per heavy atom. The third-order valence-electron chi connectivity index (χ3n) is 6.75. The number of ether oxygens (including phenoxy) is 1. The van der Waals surface area contributed by atoms with Crippen molar-refractivity contribution >= 4 is 17.8 Å². The lowest BCUT2D eigenvalue weighted by Crippen LogP contribution is -2.61. The Morgan fingerprint density at radius 1 is 1.21 bits per heavy atom. The standard InChI is InChI=1S/C20H30N6O3/c21-17(27)13-24-18(28)20-4-2-16(25-8-10-29-11-9-25)12-15(20)3-7-26(14-20)19-22-5-1-6-23-19/h1,5-6,15-16H,2-4,7-14H2,(H2,21,27)(H,24,28)/t15-,16-,20-/m1/s1. The summed E-state index contributed by atoms with van der Waals surface area (Å²) in [5.41, 5.74) is 4.73. The first-order valence-corrected chi connectivity index (χ1v) is 10.5. The number of carbonyl (C=O) groups is 2. The molecule has 0 aromatic carbocycles. The third-order valence-corrected chi connectivity index (χ3v) is 6.75. The second kappa shape index (κ2) is 8.62. The molecular weight excluding hydrogens is 372 g/mol. The Bertz CT molecular complexity index is 726. The number of primary amides is 1. The van der Waals surface area contributed by atoms with Crippen LogP contribution in [-0.2, 0) is 14.3 Å². The van der Waals surface area contributed by atoms with Gasteiger partial charge in [-0.25, -0.2) is 9.97 Å². The van der Waals surface area contributed by atoms with E-state index in [0.717, 1.165) is 58.5 Å². The summed E-state index contributed by atoms with van der Waals surface area (Å²) >= 11 is 0. The van der Waals surface area contributed by atoms with Gasteiger partial charge in [0.05, 0.1) is 25.2 Å². The summed E-state index contributed by atoms with van der Waals surface area (Å²) < 4.78 is 5.50. The lowest BCUT2D eigenvalue weighted by molar-refractivity contribution is -0.140. The molecule has 0 bridgehead atoms. The minimum atomic E-state index is -0.546. The van der Waals surface area contributed by atoms with Gasteiger partial charge >= 0.3 is 0 Å². The van der Waals surface area contributed by atoms with Crippen LogP contribution in [0.2, 0.25) is 0 Å². The first kappa shape index (κ1) is 20.0. The molecule has 3 atom stereocenters. The number of fused-ring (bicyclic) bond motifs is 1. The normalized spacial score (nSPS) is 30.4. The predicted octanol–water partition coefficient (Wildman–Crippen LogP) is -0.224. The molecule has 9 heteroatoms. The topological polar surface area (TPSA) is 114 Å². The number of carbonyl (C=O) groups excluding carboxylic acids is 2. The summed E-state index contributed by atoms with van der Waals surface area (Å²) in [6.45, 7) is 4.76. The summed E-state index contributed by atoms with van der Waals surface area (Å²) in [6, 6.07) is 2.28. The van der Waals surface area contributed by atoms with E-state index >= 15 is 0 Å². The van der Waals surface area contributed by atoms with Gasteiger partial charge in [0, 0.05) is 44.6 Å². The molecule has 3 fully saturated rings. The molecule has 1 aliphatic carbocycles. The number of piperidine rings is 1. The Kier molecular flexibility index (Phi) is 5.96. The molecule has 1 saturated carbocycles. The number of hydrogen-bond donors (Lipinski definition) is 2. The molecular formula is C20H30N6O3. The van der Waals surface area contributed by atoms with E-state index < -0.39 is 11.3 Å². The minimum absolute atomic E-state index is 0.0673. The van der Waals surface area contributed by atoms with E-state index in [2.05, 4.69) is 25.1 Å². The monoisotopic (exact) mass is 402 g/mol. The van der Waals surface area contributed by atoms with Crippen molar-refractivity contribution in [1.82, 2.24) is 20.2 Å². The molecule has 9 nitrogen and oxygen atoms in total. The van der Waals surface area contributed by atoms with E-state index in [-0.39, 0.29) is 18.4 Å². The number of rotatable bonds is 5. The molecule has 3 N–H and O–H groups in total. The number of aromatic nitrogens is 2. The highest BCUT2D eigenvalue weighted by Gasteiger charge is 2.53. The average molecular weight is 402 g/mol. The Morgan fingerprint density at radius 3 is 2.69 bits per heavy atom. The quantitative estimate of drug-likeness (QED) is 0.700. The predicted molar refractivity (Wildman–Crippen MR) is 107 cm³/mol. The number of amides is 2. The van der Waals surface area contributed by atoms with Crippen molar-refractivity contribution in [2.45, 2.75) is 31.7 Å². The van der Waals surface area contributed by atoms with Crippen LogP contribution < -0.4 is 16.0 Å². The molecule has 1 aromatic rings. The van der Waals surface area contributed by atoms with Crippen molar-refractivity contribution in [2.75, 3.05) is 50.8 Å². The summed E-state index contributed by atoms with van der Waals surface area (Å²) in [7, 11) is 0. The molecule has 2 amide bonds. The minimum Gasteiger partial charge on any atom is -0.379 e. The molecule has 0 radical (unpaired) electrons. The number of morpholine rings is 1. The van der Waals surface area contributed by atoms with Crippen molar-refractivity contribution in [3.8, 4) is 0 Å². The fourth-order valence-electron chi connectivity index (χ4n) is 5.25. The molecule has 158 valence electrons. The van der Waals surface area contributed by atoms with Gasteiger partial charge in [-0.3, -0.25) is 14.5 Å². The first-order valence-electron chi connectivity index (χ1n) is 10.5. The van der Waals surface area contributed by atoms with Crippen LogP contribution in [0.3, 0.4) is 0 Å². The van der Waals surface area contributed by atoms with Crippen molar-refractivity contribution < 1.29 is 14.3 Å². The van der Waals surface area contributed by atoms with Crippen LogP contribution in [-0.4, -0.2) is 78.7 Å². The SMILES string of the molecule is NC(=O)CNC(=O)[C@@]12CC[C@@H](N3CCOCC3)C[C@H]1CCN(c1ncccn1)C2. The van der Waals surface area contributed by atoms with Crippen molar-refractivity contribution in [3.63, 3.8) is 0 Å². The highest BCUT2D eigenvalue weighted by molar-refractivity contribution is 5.88. The van der Waals surface area contributed by atoms with Crippen LogP contribution in [0, 0.1) is 11.3 Å². The maximum Gasteiger partial charge on any atom is 0.236 e. The first-order chi connectivity index (χ1) is 14.1. The van der Waals surface area contributed by atoms with E-state index in [1.165, 1.54) is 0 Å². The maximum absolute atomic E-state index is 13.3. The van der Waals surface area contributed by atoms with Crippen LogP contribution in [0.5, 0.6) is 0 Å². The molecule has 4 rings (SSSR count). The molecule has 1 aromatic heterocycles. The average Bonchev–Trinajstić information content (AvgIpc) is 2.77. The summed E-state index contributed by atoms with van der Waals surface area (Å²) in [4.78, 5) is 37.9. The number of hydrogen-bond acceptors (Lipinski definition) is 7. The highest BCUT2D eigenvalue weighted by Crippen LogP contribution is 2.48. The number of nitrogens with one attached hydrogen (secondary N) is 1. The van der Waals surface area contributed by atoms with Gasteiger partial charge in [0.1, 0.15) is 0 Å². The zero-order valence-corrected chi connectivity index (χ0v) is 16.8. The third kappa shape index (κ3) is 4.20. The van der Waals surface area contributed by atoms with Crippen LogP contribution >= 0.6 is 0 Å². The highest BCUT2D eigenvalue weighted by atomic mass is 16.5. The van der Waals surface area contributed by atoms with Crippen LogP contribution in [0.15, 0.2) is 18.5 Å². The number of nitrogens with two attached hydrogens (primary N) is 1. The largest absolute Gasteiger partial charge is 0.379 e. The Labute approximate surface area is 171 Å². The zero-order valence-electron chi connectivity index (χ0n) is 16.8. The van der Waals surface area contributed by atoms with E-state index in [0.29, 0.717) is 18.5 Å². The van der Waals surface area contributed by atoms with Gasteiger partial charge < -0.3 is 20.7 Å². The maximum atomic E-state index is 13.3. The van der Waals surface area contributed by atoms with Gasteiger partial charge in [0.15, 0.2) is 0 Å². The smallest absolute Gasteiger partial charge is 0.236 e. The molecule has 2 aliphatic heterocycles. The van der Waals surface area contributed by atoms with Gasteiger partial charge in [-0.05, 0) is 37.7 Å². The second-order valence-corrected chi connectivity index (χ2v) is 8.34. The van der Waals surface area contributed by atoms with Gasteiger partial charge in [-0.2, -0.15) is 0 Å². The van der Waals surface area contributed by atoms with E-state index in [1.54, 1.807) is 18.5 Å². The van der Waals surface area contributed by atoms with E-state index in [4.69, 9.17) is 10.5 Å². The van der Waals surface area contributed by atoms with Crippen LogP contribution in [0.1, 0.15) is 25.7 Å². The lowest BCUT2D eigenvalue weighted by atomic mass is 9.61. The fraction of sp³-hybridized carbons (Fsp3) is 0.700. The van der Waals surface area contributed by atoms with Gasteiger partial charge in [0.25, 0.3) is 0 Å². The van der Waals surface area contributed by atoms with Crippen LogP contribution in [0.4, 0.5) is 5.95 Å². The Hall–Kier alpha value is -2.26. The molecule has 0 unspecified atom stereocenters. The summed E-state index contributed by atoms with van der Waals surface area (Å²) in [5, 5.41) is 2.79. The zero-order chi connectivity index (χ0) is 20.3. The lowest BCUT2D eigenvalue weighted by Gasteiger charge is -2.53. The summed E-state index contributed by atoms with van der Waals surface area (Å²) in [5.74, 6) is 0.329. The van der Waals surface area contributed by atoms with Crippen molar-refractivity contribution in [3.05, 3.63) is 18.5 Å². The molecule has 2 saturated heterocycles. The molecule has 3 heterocycles. The van der Waals surface area contributed by atoms with E-state index in [1.807, 2.05) is 0 Å². The van der Waals surface area contributed by atoms with Crippen molar-refractivity contribution in [1.29, 1.82) is 0 Å². The number of nitrogens with zero attached hydrogens (tertiary/aromatic N) is 4. The van der Waals surface area contributed by atoms with Crippen molar-refractivity contribution in [2.24, 2.45) is 17.1 Å². The van der Waals surface area contributed by atoms with E-state index in [9.17, 15) is 9.59 Å². The molecule has 3 aliphatic rings. The Balaban J connectivity index is 1.54. The second-order valence-electron chi connectivity index (χ2n) is 8.34. The molecule has 0 spiro atoms. The van der Waals surface area contributed by atoms with Gasteiger partial charge in [0.2, 0.25) is 17.8 Å². The molecule has 29 heavy (non-hydrogen) atoms. The van der Waals surface area contributed by atoms with Gasteiger partial charge in [-0.1, -0.05) is 0 Å².